The molecule has 0 saturated heterocycles. The number of nitrogens with two attached hydrogens (primary N) is 1. The molecule has 20 heavy (non-hydrogen) atoms. The molecule has 0 unspecified atom stereocenters. The van der Waals surface area contributed by atoms with Crippen LogP contribution in [0.15, 0.2) is 30.5 Å². The Hall–Kier alpha value is -1.39. The van der Waals surface area contributed by atoms with E-state index in [1.165, 1.54) is 5.56 Å². The fraction of sp³-hybridized carbons (Fsp3) is 0.438. The van der Waals surface area contributed by atoms with Gasteiger partial charge in [0.15, 0.2) is 0 Å². The minimum Gasteiger partial charge on any atom is -0.486 e. The monoisotopic (exact) mass is 290 g/mol. The summed E-state index contributed by atoms with van der Waals surface area (Å²) < 4.78 is 5.82. The van der Waals surface area contributed by atoms with Gasteiger partial charge in [0.05, 0.1) is 0 Å². The van der Waals surface area contributed by atoms with E-state index in [-0.39, 0.29) is 5.54 Å². The topological polar surface area (TPSA) is 48.1 Å². The van der Waals surface area contributed by atoms with Crippen molar-refractivity contribution in [2.24, 2.45) is 5.73 Å². The number of benzene rings is 1. The highest BCUT2D eigenvalue weighted by Gasteiger charge is 2.17. The van der Waals surface area contributed by atoms with Crippen LogP contribution >= 0.6 is 11.3 Å². The van der Waals surface area contributed by atoms with Gasteiger partial charge in [-0.1, -0.05) is 26.0 Å². The van der Waals surface area contributed by atoms with Crippen molar-refractivity contribution < 1.29 is 4.74 Å². The Kier molecular flexibility index (Phi) is 4.45. The van der Waals surface area contributed by atoms with Crippen LogP contribution in [0.3, 0.4) is 0 Å². The third-order valence-corrected chi connectivity index (χ3v) is 4.39. The smallest absolute Gasteiger partial charge is 0.140 e. The molecule has 1 aromatic heterocycles. The number of aromatic nitrogens is 1. The fourth-order valence-electron chi connectivity index (χ4n) is 1.78. The number of hydrogen-bond donors (Lipinski definition) is 1. The molecular formula is C16H22N2OS. The molecule has 1 heterocycles. The second-order valence-electron chi connectivity index (χ2n) is 5.86. The van der Waals surface area contributed by atoms with E-state index < -0.39 is 0 Å². The highest BCUT2D eigenvalue weighted by atomic mass is 32.1. The third kappa shape index (κ3) is 3.81. The Labute approximate surface area is 124 Å². The lowest BCUT2D eigenvalue weighted by atomic mass is 10.0. The van der Waals surface area contributed by atoms with Gasteiger partial charge >= 0.3 is 0 Å². The summed E-state index contributed by atoms with van der Waals surface area (Å²) in [7, 11) is 0. The van der Waals surface area contributed by atoms with Gasteiger partial charge in [-0.2, -0.15) is 0 Å². The van der Waals surface area contributed by atoms with E-state index in [1.807, 2.05) is 32.2 Å². The van der Waals surface area contributed by atoms with Crippen LogP contribution in [0.1, 0.15) is 49.1 Å². The summed E-state index contributed by atoms with van der Waals surface area (Å²) >= 11 is 1.61. The molecule has 0 atom stereocenters. The van der Waals surface area contributed by atoms with Crippen molar-refractivity contribution in [1.29, 1.82) is 0 Å². The normalized spacial score (nSPS) is 11.9. The van der Waals surface area contributed by atoms with Gasteiger partial charge in [-0.15, -0.1) is 11.3 Å². The van der Waals surface area contributed by atoms with Gasteiger partial charge in [0.2, 0.25) is 0 Å². The largest absolute Gasteiger partial charge is 0.486 e. The van der Waals surface area contributed by atoms with Gasteiger partial charge in [-0.3, -0.25) is 0 Å². The quantitative estimate of drug-likeness (QED) is 0.904. The average Bonchev–Trinajstić information content (AvgIpc) is 2.85. The van der Waals surface area contributed by atoms with Crippen molar-refractivity contribution in [2.75, 3.05) is 0 Å². The molecule has 2 rings (SSSR count). The van der Waals surface area contributed by atoms with Crippen LogP contribution in [0, 0.1) is 0 Å². The SMILES string of the molecule is CC(C)c1cccc(OCc2ncc(C(C)(C)N)s2)c1. The predicted octanol–water partition coefficient (Wildman–Crippen LogP) is 4.04. The number of ether oxygens (including phenoxy) is 1. The van der Waals surface area contributed by atoms with E-state index in [4.69, 9.17) is 10.5 Å². The van der Waals surface area contributed by atoms with Crippen molar-refractivity contribution in [3.63, 3.8) is 0 Å². The molecule has 0 aliphatic carbocycles. The van der Waals surface area contributed by atoms with Crippen LogP contribution in [0.2, 0.25) is 0 Å². The van der Waals surface area contributed by atoms with Crippen molar-refractivity contribution >= 4 is 11.3 Å². The van der Waals surface area contributed by atoms with E-state index in [0.717, 1.165) is 15.6 Å². The number of thiazole rings is 1. The van der Waals surface area contributed by atoms with Crippen LogP contribution in [0.5, 0.6) is 5.75 Å². The van der Waals surface area contributed by atoms with Crippen LogP contribution in [-0.2, 0) is 12.1 Å². The second-order valence-corrected chi connectivity index (χ2v) is 6.97. The molecule has 0 aliphatic heterocycles. The first-order valence-electron chi connectivity index (χ1n) is 6.83. The summed E-state index contributed by atoms with van der Waals surface area (Å²) in [5.41, 5.74) is 7.00. The zero-order chi connectivity index (χ0) is 14.8. The molecule has 2 aromatic rings. The second kappa shape index (κ2) is 5.94. The van der Waals surface area contributed by atoms with E-state index in [9.17, 15) is 0 Å². The maximum atomic E-state index is 6.06. The van der Waals surface area contributed by atoms with Gasteiger partial charge < -0.3 is 10.5 Å². The molecule has 0 spiro atoms. The fourth-order valence-corrected chi connectivity index (χ4v) is 2.63. The first-order chi connectivity index (χ1) is 9.36. The van der Waals surface area contributed by atoms with Crippen molar-refractivity contribution in [2.45, 2.75) is 45.8 Å². The first-order valence-corrected chi connectivity index (χ1v) is 7.64. The van der Waals surface area contributed by atoms with E-state index in [2.05, 4.69) is 31.0 Å². The van der Waals surface area contributed by atoms with Gasteiger partial charge in [0.25, 0.3) is 0 Å². The van der Waals surface area contributed by atoms with Gasteiger partial charge in [-0.05, 0) is 37.5 Å². The number of hydrogen-bond acceptors (Lipinski definition) is 4. The van der Waals surface area contributed by atoms with Crippen LogP contribution in [0.4, 0.5) is 0 Å². The first kappa shape index (κ1) is 15.0. The van der Waals surface area contributed by atoms with Crippen LogP contribution < -0.4 is 10.5 Å². The molecule has 2 N–H and O–H groups in total. The molecule has 3 nitrogen and oxygen atoms in total. The Balaban J connectivity index is 2.02. The van der Waals surface area contributed by atoms with Crippen molar-refractivity contribution in [3.05, 3.63) is 45.9 Å². The molecular weight excluding hydrogens is 268 g/mol. The van der Waals surface area contributed by atoms with Gasteiger partial charge in [0, 0.05) is 16.6 Å². The summed E-state index contributed by atoms with van der Waals surface area (Å²) in [6, 6.07) is 8.22. The molecule has 0 saturated carbocycles. The lowest BCUT2D eigenvalue weighted by Gasteiger charge is -2.14. The lowest BCUT2D eigenvalue weighted by Crippen LogP contribution is -2.27. The highest BCUT2D eigenvalue weighted by molar-refractivity contribution is 7.11. The summed E-state index contributed by atoms with van der Waals surface area (Å²) in [5.74, 6) is 1.39. The van der Waals surface area contributed by atoms with Crippen LogP contribution in [-0.4, -0.2) is 4.98 Å². The molecule has 0 fully saturated rings. The molecule has 108 valence electrons. The third-order valence-electron chi connectivity index (χ3n) is 3.08. The Bertz CT molecular complexity index is 570. The van der Waals surface area contributed by atoms with Crippen molar-refractivity contribution in [3.8, 4) is 5.75 Å². The number of rotatable bonds is 5. The van der Waals surface area contributed by atoms with E-state index in [1.54, 1.807) is 11.3 Å². The zero-order valence-electron chi connectivity index (χ0n) is 12.5. The molecule has 0 radical (unpaired) electrons. The van der Waals surface area contributed by atoms with Gasteiger partial charge in [0.1, 0.15) is 17.4 Å². The van der Waals surface area contributed by atoms with E-state index in [0.29, 0.717) is 12.5 Å². The summed E-state index contributed by atoms with van der Waals surface area (Å²) in [4.78, 5) is 5.44. The standard InChI is InChI=1S/C16H22N2OS/c1-11(2)12-6-5-7-13(8-12)19-10-15-18-9-14(20-15)16(3,4)17/h5-9,11H,10,17H2,1-4H3. The average molecular weight is 290 g/mol. The maximum Gasteiger partial charge on any atom is 0.140 e. The minimum atomic E-state index is -0.340. The Morgan fingerprint density at radius 2 is 2.10 bits per heavy atom. The lowest BCUT2D eigenvalue weighted by molar-refractivity contribution is 0.305. The Morgan fingerprint density at radius 1 is 1.35 bits per heavy atom. The molecule has 0 aliphatic rings. The predicted molar refractivity (Wildman–Crippen MR) is 84.2 cm³/mol. The molecule has 1 aromatic carbocycles. The molecule has 0 amide bonds. The zero-order valence-corrected chi connectivity index (χ0v) is 13.3. The molecule has 0 bridgehead atoms. The maximum absolute atomic E-state index is 6.06. The summed E-state index contributed by atoms with van der Waals surface area (Å²) in [6.07, 6.45) is 1.84. The molecule has 4 heteroatoms. The van der Waals surface area contributed by atoms with Crippen LogP contribution in [0.25, 0.3) is 0 Å². The highest BCUT2D eigenvalue weighted by Crippen LogP contribution is 2.25. The summed E-state index contributed by atoms with van der Waals surface area (Å²) in [5, 5.41) is 0.952. The van der Waals surface area contributed by atoms with Gasteiger partial charge in [-0.25, -0.2) is 4.98 Å². The Morgan fingerprint density at radius 3 is 2.70 bits per heavy atom. The van der Waals surface area contributed by atoms with Crippen molar-refractivity contribution in [1.82, 2.24) is 4.98 Å². The van der Waals surface area contributed by atoms with E-state index >= 15 is 0 Å². The summed E-state index contributed by atoms with van der Waals surface area (Å²) in [6.45, 7) is 8.81. The minimum absolute atomic E-state index is 0.340. The number of nitrogens with zero attached hydrogens (tertiary/aromatic N) is 1.